The Morgan fingerprint density at radius 3 is 2.57 bits per heavy atom. The Bertz CT molecular complexity index is 1290. The number of amides is 1. The quantitative estimate of drug-likeness (QED) is 0.522. The molecule has 6 rings (SSSR count). The van der Waals surface area contributed by atoms with Crippen molar-refractivity contribution < 1.29 is 14.6 Å². The monoisotopic (exact) mass is 523 g/mol. The number of aromatic nitrogens is 3. The summed E-state index contributed by atoms with van der Waals surface area (Å²) < 4.78 is 6.44. The molecule has 11 heteroatoms. The average molecular weight is 524 g/mol. The lowest BCUT2D eigenvalue weighted by Gasteiger charge is -2.29. The lowest BCUT2D eigenvalue weighted by atomic mass is 10.1. The number of pyridine rings is 2. The van der Waals surface area contributed by atoms with Crippen LogP contribution in [0.3, 0.4) is 0 Å². The molecule has 3 aliphatic rings. The number of aryl methyl sites for hydroxylation is 1. The normalized spacial score (nSPS) is 20.6. The molecule has 37 heavy (non-hydrogen) atoms. The van der Waals surface area contributed by atoms with Gasteiger partial charge >= 0.3 is 0 Å². The highest BCUT2D eigenvalue weighted by Crippen LogP contribution is 2.36. The van der Waals surface area contributed by atoms with Crippen LogP contribution in [0.4, 0.5) is 22.5 Å². The number of morpholine rings is 1. The second kappa shape index (κ2) is 10.4. The van der Waals surface area contributed by atoms with Gasteiger partial charge in [-0.15, -0.1) is 0 Å². The summed E-state index contributed by atoms with van der Waals surface area (Å²) >= 11 is 1.60. The Kier molecular flexibility index (Phi) is 6.83. The smallest absolute Gasteiger partial charge is 0.274 e. The molecule has 1 amide bonds. The van der Waals surface area contributed by atoms with Gasteiger partial charge in [-0.2, -0.15) is 4.98 Å². The molecule has 0 aromatic carbocycles. The topological polar surface area (TPSA) is 107 Å². The highest BCUT2D eigenvalue weighted by molar-refractivity contribution is 7.22. The number of nitrogens with zero attached hydrogens (tertiary/aromatic N) is 6. The first kappa shape index (κ1) is 24.3. The summed E-state index contributed by atoms with van der Waals surface area (Å²) in [6.45, 7) is 8.11. The van der Waals surface area contributed by atoms with Crippen molar-refractivity contribution in [1.82, 2.24) is 15.0 Å². The van der Waals surface area contributed by atoms with E-state index in [1.165, 1.54) is 6.42 Å². The molecular formula is C26H33N7O3S. The third kappa shape index (κ3) is 5.07. The fourth-order valence-electron chi connectivity index (χ4n) is 5.26. The van der Waals surface area contributed by atoms with Crippen LogP contribution in [-0.4, -0.2) is 84.6 Å². The minimum Gasteiger partial charge on any atom is -0.391 e. The molecule has 3 aromatic rings. The van der Waals surface area contributed by atoms with E-state index in [1.54, 1.807) is 17.4 Å². The van der Waals surface area contributed by atoms with Crippen molar-refractivity contribution in [2.45, 2.75) is 38.7 Å². The molecule has 1 atom stereocenters. The number of aliphatic hydroxyl groups excluding tert-OH is 1. The minimum atomic E-state index is -0.356. The first-order valence-electron chi connectivity index (χ1n) is 13.2. The number of rotatable bonds is 5. The van der Waals surface area contributed by atoms with Crippen LogP contribution in [0.2, 0.25) is 0 Å². The van der Waals surface area contributed by atoms with Gasteiger partial charge in [0.25, 0.3) is 5.91 Å². The van der Waals surface area contributed by atoms with Crippen LogP contribution in [0.1, 0.15) is 41.7 Å². The Labute approximate surface area is 220 Å². The molecule has 196 valence electrons. The fraction of sp³-hybridized carbons (Fsp3) is 0.538. The molecular weight excluding hydrogens is 490 g/mol. The molecule has 3 aliphatic heterocycles. The van der Waals surface area contributed by atoms with Gasteiger partial charge in [0, 0.05) is 39.3 Å². The number of piperidine rings is 1. The van der Waals surface area contributed by atoms with E-state index in [2.05, 4.69) is 15.1 Å². The molecule has 3 saturated heterocycles. The van der Waals surface area contributed by atoms with Gasteiger partial charge in [-0.05, 0) is 50.3 Å². The number of hydrogen-bond donors (Lipinski definition) is 2. The number of thiazole rings is 1. The SMILES string of the molecule is Cc1ccc(C(=O)Nc2cc3sc(N4CCOCC4)nc3nc2N2CCCCC2)nc1N1CCC(O)C1. The number of β-amino-alcohol motifs (C(OH)–C–C–N with tert-alkyl or cyclic N) is 1. The van der Waals surface area contributed by atoms with Gasteiger partial charge in [0.1, 0.15) is 11.5 Å². The van der Waals surface area contributed by atoms with Crippen molar-refractivity contribution in [3.8, 4) is 0 Å². The Morgan fingerprint density at radius 1 is 1.00 bits per heavy atom. The van der Waals surface area contributed by atoms with Crippen molar-refractivity contribution in [2.75, 3.05) is 72.5 Å². The summed E-state index contributed by atoms with van der Waals surface area (Å²) in [5.74, 6) is 1.26. The third-order valence-corrected chi connectivity index (χ3v) is 8.35. The Morgan fingerprint density at radius 2 is 1.81 bits per heavy atom. The average Bonchev–Trinajstić information content (AvgIpc) is 3.55. The van der Waals surface area contributed by atoms with Crippen molar-refractivity contribution in [3.63, 3.8) is 0 Å². The zero-order chi connectivity index (χ0) is 25.4. The van der Waals surface area contributed by atoms with Gasteiger partial charge in [-0.1, -0.05) is 17.4 Å². The van der Waals surface area contributed by atoms with Gasteiger partial charge in [0.15, 0.2) is 16.6 Å². The van der Waals surface area contributed by atoms with E-state index >= 15 is 0 Å². The van der Waals surface area contributed by atoms with Crippen LogP contribution in [-0.2, 0) is 4.74 Å². The van der Waals surface area contributed by atoms with Gasteiger partial charge in [0.05, 0.1) is 29.7 Å². The molecule has 0 saturated carbocycles. The van der Waals surface area contributed by atoms with Crippen LogP contribution in [0.15, 0.2) is 18.2 Å². The fourth-order valence-corrected chi connectivity index (χ4v) is 6.26. The third-order valence-electron chi connectivity index (χ3n) is 7.30. The van der Waals surface area contributed by atoms with E-state index in [0.29, 0.717) is 43.2 Å². The molecule has 2 N–H and O–H groups in total. The van der Waals surface area contributed by atoms with Crippen molar-refractivity contribution in [3.05, 3.63) is 29.5 Å². The van der Waals surface area contributed by atoms with E-state index in [4.69, 9.17) is 19.7 Å². The van der Waals surface area contributed by atoms with Gasteiger partial charge in [0.2, 0.25) is 0 Å². The number of nitrogens with one attached hydrogen (secondary N) is 1. The number of fused-ring (bicyclic) bond motifs is 1. The number of carbonyl (C=O) groups excluding carboxylic acids is 1. The summed E-state index contributed by atoms with van der Waals surface area (Å²) in [5.41, 5.74) is 2.75. The predicted octanol–water partition coefficient (Wildman–Crippen LogP) is 3.04. The lowest BCUT2D eigenvalue weighted by Crippen LogP contribution is -2.36. The Hall–Kier alpha value is -3.02. The number of ether oxygens (including phenoxy) is 1. The number of anilines is 4. The summed E-state index contributed by atoms with van der Waals surface area (Å²) in [6.07, 6.45) is 3.77. The van der Waals surface area contributed by atoms with Gasteiger partial charge in [-0.25, -0.2) is 9.97 Å². The van der Waals surface area contributed by atoms with Crippen LogP contribution in [0, 0.1) is 6.92 Å². The molecule has 0 radical (unpaired) electrons. The van der Waals surface area contributed by atoms with Crippen LogP contribution in [0.25, 0.3) is 10.3 Å². The van der Waals surface area contributed by atoms with Crippen LogP contribution >= 0.6 is 11.3 Å². The van der Waals surface area contributed by atoms with E-state index in [-0.39, 0.29) is 12.0 Å². The standard InChI is InChI=1S/C26H33N7O3S/c1-17-5-6-19(27-23(17)33-10-7-18(34)16-33)25(35)28-20-15-21-22(29-24(20)31-8-3-2-4-9-31)30-26(37-21)32-11-13-36-14-12-32/h5-6,15,18,34H,2-4,7-14,16H2,1H3,(H,28,35). The first-order chi connectivity index (χ1) is 18.0. The minimum absolute atomic E-state index is 0.265. The highest BCUT2D eigenvalue weighted by Gasteiger charge is 2.25. The van der Waals surface area contributed by atoms with E-state index in [9.17, 15) is 9.90 Å². The zero-order valence-corrected chi connectivity index (χ0v) is 22.0. The molecule has 0 aliphatic carbocycles. The maximum atomic E-state index is 13.5. The molecule has 0 bridgehead atoms. The largest absolute Gasteiger partial charge is 0.391 e. The molecule has 10 nitrogen and oxygen atoms in total. The van der Waals surface area contributed by atoms with E-state index < -0.39 is 0 Å². The first-order valence-corrected chi connectivity index (χ1v) is 14.0. The lowest BCUT2D eigenvalue weighted by molar-refractivity contribution is 0.102. The zero-order valence-electron chi connectivity index (χ0n) is 21.1. The molecule has 0 spiro atoms. The van der Waals surface area contributed by atoms with Crippen LogP contribution < -0.4 is 20.0 Å². The Balaban J connectivity index is 1.32. The van der Waals surface area contributed by atoms with Crippen LogP contribution in [0.5, 0.6) is 0 Å². The summed E-state index contributed by atoms with van der Waals surface area (Å²) in [5, 5.41) is 14.0. The summed E-state index contributed by atoms with van der Waals surface area (Å²) in [7, 11) is 0. The molecule has 3 fully saturated rings. The number of carbonyl (C=O) groups is 1. The van der Waals surface area contributed by atoms with E-state index in [0.717, 1.165) is 72.6 Å². The van der Waals surface area contributed by atoms with Gasteiger partial charge in [-0.3, -0.25) is 4.79 Å². The van der Waals surface area contributed by atoms with Crippen molar-refractivity contribution in [2.24, 2.45) is 0 Å². The number of aliphatic hydroxyl groups is 1. The second-order valence-electron chi connectivity index (χ2n) is 10.0. The number of hydrogen-bond acceptors (Lipinski definition) is 10. The summed E-state index contributed by atoms with van der Waals surface area (Å²) in [4.78, 5) is 34.5. The maximum absolute atomic E-state index is 13.5. The highest BCUT2D eigenvalue weighted by atomic mass is 32.1. The second-order valence-corrected chi connectivity index (χ2v) is 11.0. The predicted molar refractivity (Wildman–Crippen MR) is 146 cm³/mol. The summed E-state index contributed by atoms with van der Waals surface area (Å²) in [6, 6.07) is 5.70. The molecule has 1 unspecified atom stereocenters. The molecule has 3 aromatic heterocycles. The van der Waals surface area contributed by atoms with Crippen molar-refractivity contribution in [1.29, 1.82) is 0 Å². The van der Waals surface area contributed by atoms with Gasteiger partial charge < -0.3 is 29.9 Å². The van der Waals surface area contributed by atoms with E-state index in [1.807, 2.05) is 24.0 Å². The molecule has 6 heterocycles. The van der Waals surface area contributed by atoms with Crippen molar-refractivity contribution >= 4 is 50.0 Å². The maximum Gasteiger partial charge on any atom is 0.274 e.